The van der Waals surface area contributed by atoms with E-state index in [1.54, 1.807) is 18.2 Å². The molecule has 5 nitrogen and oxygen atoms in total. The Morgan fingerprint density at radius 1 is 0.850 bits per heavy atom. The molecule has 0 aliphatic carbocycles. The third kappa shape index (κ3) is 2.21. The zero-order chi connectivity index (χ0) is 13.9. The van der Waals surface area contributed by atoms with Crippen LogP contribution in [0.1, 0.15) is 5.56 Å². The molecular formula is C15H13N3O2. The highest BCUT2D eigenvalue weighted by molar-refractivity contribution is 5.92. The predicted octanol–water partition coefficient (Wildman–Crippen LogP) is 1.83. The molecule has 0 aliphatic heterocycles. The van der Waals surface area contributed by atoms with E-state index in [2.05, 4.69) is 15.5 Å². The van der Waals surface area contributed by atoms with Gasteiger partial charge < -0.3 is 5.32 Å². The minimum absolute atomic E-state index is 0.303. The molecule has 100 valence electrons. The summed E-state index contributed by atoms with van der Waals surface area (Å²) in [6.07, 6.45) is 0. The maximum atomic E-state index is 11.9. The van der Waals surface area contributed by atoms with Gasteiger partial charge in [0.15, 0.2) is 0 Å². The summed E-state index contributed by atoms with van der Waals surface area (Å²) in [4.78, 5) is 23.6. The van der Waals surface area contributed by atoms with Crippen LogP contribution in [0.5, 0.6) is 0 Å². The predicted molar refractivity (Wildman–Crippen MR) is 79.0 cm³/mol. The number of anilines is 1. The third-order valence-electron chi connectivity index (χ3n) is 3.15. The van der Waals surface area contributed by atoms with Crippen molar-refractivity contribution in [3.8, 4) is 0 Å². The Morgan fingerprint density at radius 2 is 1.60 bits per heavy atom. The van der Waals surface area contributed by atoms with Crippen LogP contribution in [0.25, 0.3) is 10.8 Å². The average Bonchev–Trinajstić information content (AvgIpc) is 2.50. The zero-order valence-electron chi connectivity index (χ0n) is 10.6. The average molecular weight is 267 g/mol. The quantitative estimate of drug-likeness (QED) is 0.677. The van der Waals surface area contributed by atoms with Crippen LogP contribution < -0.4 is 16.4 Å². The highest BCUT2D eigenvalue weighted by Gasteiger charge is 2.07. The largest absolute Gasteiger partial charge is 0.380 e. The lowest BCUT2D eigenvalue weighted by Gasteiger charge is -2.08. The lowest BCUT2D eigenvalue weighted by atomic mass is 10.1. The molecule has 0 saturated heterocycles. The van der Waals surface area contributed by atoms with Crippen molar-refractivity contribution in [2.75, 3.05) is 5.32 Å². The fraction of sp³-hybridized carbons (Fsp3) is 0.0667. The number of fused-ring (bicyclic) bond motifs is 1. The van der Waals surface area contributed by atoms with E-state index in [9.17, 15) is 9.59 Å². The number of nitrogens with one attached hydrogen (secondary N) is 3. The highest BCUT2D eigenvalue weighted by atomic mass is 16.1. The molecule has 0 fully saturated rings. The Morgan fingerprint density at radius 3 is 2.40 bits per heavy atom. The van der Waals surface area contributed by atoms with Crippen LogP contribution in [0.15, 0.2) is 58.1 Å². The summed E-state index contributed by atoms with van der Waals surface area (Å²) in [5.74, 6) is 0. The lowest BCUT2D eigenvalue weighted by molar-refractivity contribution is 0.976. The summed E-state index contributed by atoms with van der Waals surface area (Å²) in [6, 6.07) is 15.0. The summed E-state index contributed by atoms with van der Waals surface area (Å²) in [5.41, 5.74) is 1.14. The Bertz CT molecular complexity index is 850. The normalized spacial score (nSPS) is 10.6. The van der Waals surface area contributed by atoms with Crippen molar-refractivity contribution in [2.24, 2.45) is 0 Å². The van der Waals surface area contributed by atoms with E-state index in [1.165, 1.54) is 0 Å². The van der Waals surface area contributed by atoms with E-state index < -0.39 is 0 Å². The number of rotatable bonds is 3. The number of H-pyrrole nitrogens is 2. The van der Waals surface area contributed by atoms with Gasteiger partial charge >= 0.3 is 0 Å². The van der Waals surface area contributed by atoms with Crippen LogP contribution in [0.3, 0.4) is 0 Å². The second-order valence-electron chi connectivity index (χ2n) is 4.48. The van der Waals surface area contributed by atoms with Crippen LogP contribution in [-0.4, -0.2) is 10.2 Å². The van der Waals surface area contributed by atoms with Crippen molar-refractivity contribution in [3.63, 3.8) is 0 Å². The first kappa shape index (κ1) is 12.2. The van der Waals surface area contributed by atoms with E-state index >= 15 is 0 Å². The first-order chi connectivity index (χ1) is 9.75. The number of hydrogen-bond donors (Lipinski definition) is 3. The van der Waals surface area contributed by atoms with E-state index in [-0.39, 0.29) is 11.1 Å². The molecule has 0 amide bonds. The first-order valence-electron chi connectivity index (χ1n) is 6.27. The standard InChI is InChI=1S/C15H13N3O2/c19-14-11-7-4-8-12(13(11)15(20)18-17-14)16-9-10-5-2-1-3-6-10/h1-8,16H,9H2,(H,17,19)(H,18,20). The number of hydrogen-bond acceptors (Lipinski definition) is 3. The second-order valence-corrected chi connectivity index (χ2v) is 4.48. The molecule has 5 heteroatoms. The van der Waals surface area contributed by atoms with Gasteiger partial charge in [0, 0.05) is 12.2 Å². The fourth-order valence-electron chi connectivity index (χ4n) is 2.17. The molecule has 20 heavy (non-hydrogen) atoms. The van der Waals surface area contributed by atoms with E-state index in [4.69, 9.17) is 0 Å². The maximum absolute atomic E-state index is 11.9. The van der Waals surface area contributed by atoms with Gasteiger partial charge in [-0.15, -0.1) is 0 Å². The molecule has 0 radical (unpaired) electrons. The van der Waals surface area contributed by atoms with E-state index in [1.807, 2.05) is 30.3 Å². The summed E-state index contributed by atoms with van der Waals surface area (Å²) < 4.78 is 0. The topological polar surface area (TPSA) is 77.8 Å². The van der Waals surface area contributed by atoms with Crippen molar-refractivity contribution in [1.29, 1.82) is 0 Å². The second kappa shape index (κ2) is 5.05. The smallest absolute Gasteiger partial charge is 0.272 e. The van der Waals surface area contributed by atoms with Crippen LogP contribution in [0.2, 0.25) is 0 Å². The molecule has 1 aromatic heterocycles. The Kier molecular flexibility index (Phi) is 3.09. The van der Waals surface area contributed by atoms with Crippen LogP contribution in [0.4, 0.5) is 5.69 Å². The van der Waals surface area contributed by atoms with Crippen LogP contribution in [0, 0.1) is 0 Å². The number of benzene rings is 2. The van der Waals surface area contributed by atoms with Gasteiger partial charge in [-0.25, -0.2) is 0 Å². The zero-order valence-corrected chi connectivity index (χ0v) is 10.6. The lowest BCUT2D eigenvalue weighted by Crippen LogP contribution is -2.20. The van der Waals surface area contributed by atoms with Gasteiger partial charge in [0.1, 0.15) is 0 Å². The molecule has 0 bridgehead atoms. The van der Waals surface area contributed by atoms with Crippen molar-refractivity contribution in [2.45, 2.75) is 6.54 Å². The first-order valence-corrected chi connectivity index (χ1v) is 6.27. The van der Waals surface area contributed by atoms with Crippen LogP contribution in [-0.2, 0) is 6.54 Å². The van der Waals surface area contributed by atoms with Crippen molar-refractivity contribution in [3.05, 3.63) is 74.8 Å². The molecule has 3 rings (SSSR count). The fourth-order valence-corrected chi connectivity index (χ4v) is 2.17. The summed E-state index contributed by atoms with van der Waals surface area (Å²) in [7, 11) is 0. The highest BCUT2D eigenvalue weighted by Crippen LogP contribution is 2.17. The number of aromatic nitrogens is 2. The van der Waals surface area contributed by atoms with E-state index in [0.29, 0.717) is 23.0 Å². The summed E-state index contributed by atoms with van der Waals surface area (Å²) >= 11 is 0. The molecule has 0 aliphatic rings. The molecule has 1 heterocycles. The van der Waals surface area contributed by atoms with Gasteiger partial charge in [-0.05, 0) is 17.7 Å². The van der Waals surface area contributed by atoms with Crippen molar-refractivity contribution < 1.29 is 0 Å². The van der Waals surface area contributed by atoms with Crippen molar-refractivity contribution in [1.82, 2.24) is 10.2 Å². The monoisotopic (exact) mass is 267 g/mol. The van der Waals surface area contributed by atoms with E-state index in [0.717, 1.165) is 5.56 Å². The van der Waals surface area contributed by atoms with Gasteiger partial charge in [0.2, 0.25) is 0 Å². The molecule has 0 atom stereocenters. The molecule has 2 aromatic carbocycles. The third-order valence-corrected chi connectivity index (χ3v) is 3.15. The Hall–Kier alpha value is -2.82. The summed E-state index contributed by atoms with van der Waals surface area (Å²) in [5, 5.41) is 8.63. The van der Waals surface area contributed by atoms with Gasteiger partial charge in [-0.2, -0.15) is 0 Å². The minimum atomic E-state index is -0.309. The van der Waals surface area contributed by atoms with Crippen molar-refractivity contribution >= 4 is 16.5 Å². The molecule has 3 aromatic rings. The molecule has 3 N–H and O–H groups in total. The Labute approximate surface area is 114 Å². The van der Waals surface area contributed by atoms with Gasteiger partial charge in [0.05, 0.1) is 10.8 Å². The van der Waals surface area contributed by atoms with Crippen LogP contribution >= 0.6 is 0 Å². The molecule has 0 unspecified atom stereocenters. The molecular weight excluding hydrogens is 254 g/mol. The van der Waals surface area contributed by atoms with Gasteiger partial charge in [-0.3, -0.25) is 19.8 Å². The maximum Gasteiger partial charge on any atom is 0.272 e. The van der Waals surface area contributed by atoms with Gasteiger partial charge in [-0.1, -0.05) is 36.4 Å². The molecule has 0 saturated carbocycles. The molecule has 0 spiro atoms. The van der Waals surface area contributed by atoms with Gasteiger partial charge in [0.25, 0.3) is 11.1 Å². The summed E-state index contributed by atoms with van der Waals surface area (Å²) in [6.45, 7) is 0.589. The SMILES string of the molecule is O=c1[nH][nH]c(=O)c2c(NCc3ccccc3)cccc12. The Balaban J connectivity index is 2.02. The number of aromatic amines is 2. The minimum Gasteiger partial charge on any atom is -0.380 e.